The van der Waals surface area contributed by atoms with Gasteiger partial charge in [0.05, 0.1) is 30.1 Å². The van der Waals surface area contributed by atoms with Gasteiger partial charge < -0.3 is 28.4 Å². The standard InChI is InChI=1S/C42H36Br6O12/c1-40(2,3)58-37(52)25-13-22(43)16-28(46)31(25)55-34(49)19-10-20(35(50)56-32-26(14-23(44)17-29(32)47)38(53)59-41(4,5)6)12-21(11-19)36(51)57-33-27(15-24(45)18-30(33)48)39(54)60-42(7,8)9/h10-18H,1-9H3. The van der Waals surface area contributed by atoms with Crippen molar-refractivity contribution in [2.24, 2.45) is 0 Å². The van der Waals surface area contributed by atoms with Crippen LogP contribution in [0.15, 0.2) is 81.4 Å². The smallest absolute Gasteiger partial charge is 0.343 e. The molecule has 0 saturated heterocycles. The van der Waals surface area contributed by atoms with Crippen LogP contribution in [0.25, 0.3) is 0 Å². The maximum Gasteiger partial charge on any atom is 0.343 e. The largest absolute Gasteiger partial charge is 0.456 e. The molecule has 318 valence electrons. The molecule has 12 nitrogen and oxygen atoms in total. The van der Waals surface area contributed by atoms with Crippen LogP contribution >= 0.6 is 95.6 Å². The number of esters is 6. The summed E-state index contributed by atoms with van der Waals surface area (Å²) in [6.07, 6.45) is 0. The Kier molecular flexibility index (Phi) is 15.9. The topological polar surface area (TPSA) is 158 Å². The van der Waals surface area contributed by atoms with E-state index in [1.54, 1.807) is 62.3 Å². The van der Waals surface area contributed by atoms with Gasteiger partial charge in [-0.15, -0.1) is 0 Å². The summed E-state index contributed by atoms with van der Waals surface area (Å²) in [6.45, 7) is 15.0. The summed E-state index contributed by atoms with van der Waals surface area (Å²) in [7, 11) is 0. The molecule has 0 aromatic heterocycles. The first-order valence-corrected chi connectivity index (χ1v) is 22.3. The lowest BCUT2D eigenvalue weighted by molar-refractivity contribution is 0.00529. The molecule has 0 saturated carbocycles. The van der Waals surface area contributed by atoms with Crippen molar-refractivity contribution >= 4 is 131 Å². The number of rotatable bonds is 9. The maximum absolute atomic E-state index is 14.1. The quantitative estimate of drug-likeness (QED) is 0.0889. The van der Waals surface area contributed by atoms with Gasteiger partial charge in [0.2, 0.25) is 0 Å². The normalized spacial score (nSPS) is 11.7. The molecular weight excluding hydrogens is 1180 g/mol. The van der Waals surface area contributed by atoms with Crippen LogP contribution in [-0.2, 0) is 14.2 Å². The highest BCUT2D eigenvalue weighted by molar-refractivity contribution is 9.11. The average Bonchev–Trinajstić information content (AvgIpc) is 3.08. The molecule has 4 rings (SSSR count). The lowest BCUT2D eigenvalue weighted by Crippen LogP contribution is -2.25. The van der Waals surface area contributed by atoms with Gasteiger partial charge in [-0.05, 0) is 165 Å². The van der Waals surface area contributed by atoms with E-state index in [2.05, 4.69) is 95.6 Å². The van der Waals surface area contributed by atoms with Gasteiger partial charge in [0.1, 0.15) is 33.5 Å². The van der Waals surface area contributed by atoms with Gasteiger partial charge in [-0.3, -0.25) is 0 Å². The van der Waals surface area contributed by atoms with E-state index in [1.165, 1.54) is 36.4 Å². The monoisotopic (exact) mass is 1210 g/mol. The zero-order chi connectivity index (χ0) is 45.2. The molecule has 0 amide bonds. The Labute approximate surface area is 396 Å². The minimum Gasteiger partial charge on any atom is -0.456 e. The molecule has 60 heavy (non-hydrogen) atoms. The highest BCUT2D eigenvalue weighted by Crippen LogP contribution is 2.38. The summed E-state index contributed by atoms with van der Waals surface area (Å²) in [5.74, 6) is -6.47. The summed E-state index contributed by atoms with van der Waals surface area (Å²) in [5, 5.41) is 0. The van der Waals surface area contributed by atoms with Crippen molar-refractivity contribution in [1.29, 1.82) is 0 Å². The summed E-state index contributed by atoms with van der Waals surface area (Å²) in [6, 6.07) is 12.0. The molecule has 0 fully saturated rings. The van der Waals surface area contributed by atoms with Crippen LogP contribution in [0.3, 0.4) is 0 Å². The second-order valence-electron chi connectivity index (χ2n) is 15.8. The molecule has 4 aromatic rings. The predicted molar refractivity (Wildman–Crippen MR) is 242 cm³/mol. The molecule has 0 spiro atoms. The Balaban J connectivity index is 1.87. The fourth-order valence-corrected chi connectivity index (χ4v) is 8.80. The van der Waals surface area contributed by atoms with Crippen molar-refractivity contribution in [2.75, 3.05) is 0 Å². The van der Waals surface area contributed by atoms with E-state index >= 15 is 0 Å². The highest BCUT2D eigenvalue weighted by Gasteiger charge is 2.30. The van der Waals surface area contributed by atoms with E-state index in [-0.39, 0.29) is 64.0 Å². The van der Waals surface area contributed by atoms with Crippen LogP contribution in [0.1, 0.15) is 124 Å². The molecular formula is C42H36Br6O12. The molecule has 0 aliphatic rings. The lowest BCUT2D eigenvalue weighted by Gasteiger charge is -2.21. The van der Waals surface area contributed by atoms with E-state index in [0.29, 0.717) is 13.4 Å². The number of hydrogen-bond donors (Lipinski definition) is 0. The van der Waals surface area contributed by atoms with Gasteiger partial charge in [0, 0.05) is 13.4 Å². The first-order chi connectivity index (χ1) is 27.5. The van der Waals surface area contributed by atoms with E-state index < -0.39 is 52.6 Å². The summed E-state index contributed by atoms with van der Waals surface area (Å²) in [5.41, 5.74) is -4.20. The first kappa shape index (κ1) is 49.2. The van der Waals surface area contributed by atoms with Gasteiger partial charge in [-0.25, -0.2) is 28.8 Å². The third-order valence-corrected chi connectivity index (χ3v) is 10.2. The molecule has 0 radical (unpaired) electrons. The average molecular weight is 1210 g/mol. The van der Waals surface area contributed by atoms with Gasteiger partial charge in [0.15, 0.2) is 17.2 Å². The van der Waals surface area contributed by atoms with Crippen molar-refractivity contribution in [3.8, 4) is 17.2 Å². The van der Waals surface area contributed by atoms with Gasteiger partial charge in [-0.1, -0.05) is 47.8 Å². The van der Waals surface area contributed by atoms with Crippen molar-refractivity contribution < 1.29 is 57.2 Å². The third-order valence-electron chi connectivity index (χ3n) is 7.11. The van der Waals surface area contributed by atoms with Crippen LogP contribution in [0, 0.1) is 0 Å². The van der Waals surface area contributed by atoms with Crippen molar-refractivity contribution in [3.05, 3.63) is 115 Å². The second kappa shape index (κ2) is 19.3. The van der Waals surface area contributed by atoms with Crippen LogP contribution in [0.5, 0.6) is 17.2 Å². The Bertz CT molecular complexity index is 2150. The Morgan fingerprint density at radius 2 is 0.567 bits per heavy atom. The number of hydrogen-bond acceptors (Lipinski definition) is 12. The number of ether oxygens (including phenoxy) is 6. The fraction of sp³-hybridized carbons (Fsp3) is 0.286. The van der Waals surface area contributed by atoms with E-state index in [4.69, 9.17) is 28.4 Å². The second-order valence-corrected chi connectivity index (χ2v) is 21.1. The number of carbonyl (C=O) groups is 6. The van der Waals surface area contributed by atoms with E-state index in [1.807, 2.05) is 0 Å². The van der Waals surface area contributed by atoms with Crippen LogP contribution in [0.4, 0.5) is 0 Å². The van der Waals surface area contributed by atoms with Gasteiger partial charge in [-0.2, -0.15) is 0 Å². The number of benzene rings is 4. The molecule has 4 aromatic carbocycles. The molecule has 0 bridgehead atoms. The summed E-state index contributed by atoms with van der Waals surface area (Å²) in [4.78, 5) is 82.0. The predicted octanol–water partition coefficient (Wildman–Crippen LogP) is 12.8. The van der Waals surface area contributed by atoms with Crippen LogP contribution in [0.2, 0.25) is 0 Å². The number of carbonyl (C=O) groups excluding carboxylic acids is 6. The van der Waals surface area contributed by atoms with Crippen molar-refractivity contribution in [1.82, 2.24) is 0 Å². The zero-order valence-electron chi connectivity index (χ0n) is 33.4. The van der Waals surface area contributed by atoms with Gasteiger partial charge in [0.25, 0.3) is 0 Å². The zero-order valence-corrected chi connectivity index (χ0v) is 42.9. The first-order valence-electron chi connectivity index (χ1n) is 17.5. The summed E-state index contributed by atoms with van der Waals surface area (Å²) >= 11 is 20.0. The molecule has 0 heterocycles. The van der Waals surface area contributed by atoms with E-state index in [9.17, 15) is 28.8 Å². The molecule has 0 N–H and O–H groups in total. The Morgan fingerprint density at radius 1 is 0.350 bits per heavy atom. The van der Waals surface area contributed by atoms with Crippen molar-refractivity contribution in [2.45, 2.75) is 79.1 Å². The third kappa shape index (κ3) is 13.5. The van der Waals surface area contributed by atoms with Crippen LogP contribution in [-0.4, -0.2) is 52.6 Å². The minimum atomic E-state index is -1.12. The molecule has 0 unspecified atom stereocenters. The molecule has 18 heteroatoms. The van der Waals surface area contributed by atoms with Crippen LogP contribution < -0.4 is 14.2 Å². The molecule has 0 aliphatic heterocycles. The number of halogens is 6. The lowest BCUT2D eigenvalue weighted by atomic mass is 10.0. The maximum atomic E-state index is 14.1. The van der Waals surface area contributed by atoms with Crippen molar-refractivity contribution in [3.63, 3.8) is 0 Å². The van der Waals surface area contributed by atoms with E-state index in [0.717, 1.165) is 18.2 Å². The fourth-order valence-electron chi connectivity index (χ4n) is 4.88. The minimum absolute atomic E-state index is 0.126. The molecule has 0 aliphatic carbocycles. The Hall–Kier alpha value is -3.42. The molecule has 0 atom stereocenters. The Morgan fingerprint density at radius 3 is 0.767 bits per heavy atom. The summed E-state index contributed by atoms with van der Waals surface area (Å²) < 4.78 is 35.8. The SMILES string of the molecule is CC(C)(C)OC(=O)c1cc(Br)cc(Br)c1OC(=O)c1cc(C(=O)Oc2c(Br)cc(Br)cc2C(=O)OC(C)(C)C)cc(C(=O)Oc2c(Br)cc(Br)cc2C(=O)OC(C)(C)C)c1. The van der Waals surface area contributed by atoms with Gasteiger partial charge >= 0.3 is 35.8 Å². The highest BCUT2D eigenvalue weighted by atomic mass is 79.9.